The fraction of sp³-hybridized carbons (Fsp3) is 0.500. The van der Waals surface area contributed by atoms with Crippen molar-refractivity contribution < 1.29 is 4.79 Å². The van der Waals surface area contributed by atoms with Gasteiger partial charge < -0.3 is 5.32 Å². The fourth-order valence-electron chi connectivity index (χ4n) is 3.06. The van der Waals surface area contributed by atoms with E-state index >= 15 is 0 Å². The number of rotatable bonds is 6. The zero-order valence-electron chi connectivity index (χ0n) is 14.0. The van der Waals surface area contributed by atoms with Crippen LogP contribution in [0.2, 0.25) is 0 Å². The van der Waals surface area contributed by atoms with Gasteiger partial charge in [-0.2, -0.15) is 0 Å². The van der Waals surface area contributed by atoms with Crippen LogP contribution in [0.25, 0.3) is 5.69 Å². The third kappa shape index (κ3) is 4.38. The van der Waals surface area contributed by atoms with Crippen molar-refractivity contribution in [3.05, 3.63) is 36.7 Å². The van der Waals surface area contributed by atoms with Crippen molar-refractivity contribution in [1.29, 1.82) is 0 Å². The first-order valence-electron chi connectivity index (χ1n) is 8.64. The summed E-state index contributed by atoms with van der Waals surface area (Å²) in [5.41, 5.74) is 1.000. The highest BCUT2D eigenvalue weighted by Gasteiger charge is 2.20. The van der Waals surface area contributed by atoms with Gasteiger partial charge in [0, 0.05) is 12.2 Å². The average Bonchev–Trinajstić information content (AvgIpc) is 3.09. The largest absolute Gasteiger partial charge is 0.355 e. The summed E-state index contributed by atoms with van der Waals surface area (Å²) in [4.78, 5) is 12.4. The maximum absolute atomic E-state index is 12.4. The molecule has 1 heterocycles. The number of hydrogen-bond donors (Lipinski definition) is 1. The van der Waals surface area contributed by atoms with Gasteiger partial charge in [-0.15, -0.1) is 10.2 Å². The SMILES string of the molecule is C[C@@H](Sc1nncn1-c1ccccc1)C(=O)NCC1CCCCC1. The number of carbonyl (C=O) groups is 1. The lowest BCUT2D eigenvalue weighted by Gasteiger charge is -2.22. The molecule has 5 nitrogen and oxygen atoms in total. The second kappa shape index (κ2) is 8.33. The van der Waals surface area contributed by atoms with E-state index in [1.54, 1.807) is 6.33 Å². The Balaban J connectivity index is 1.56. The number of nitrogens with one attached hydrogen (secondary N) is 1. The summed E-state index contributed by atoms with van der Waals surface area (Å²) in [6.45, 7) is 2.72. The summed E-state index contributed by atoms with van der Waals surface area (Å²) in [6.07, 6.45) is 8.10. The molecular formula is C18H24N4OS. The number of para-hydroxylation sites is 1. The van der Waals surface area contributed by atoms with Crippen LogP contribution in [0.1, 0.15) is 39.0 Å². The van der Waals surface area contributed by atoms with E-state index in [-0.39, 0.29) is 11.2 Å². The molecular weight excluding hydrogens is 320 g/mol. The molecule has 1 aromatic carbocycles. The Kier molecular flexibility index (Phi) is 5.91. The number of amides is 1. The van der Waals surface area contributed by atoms with Gasteiger partial charge in [-0.05, 0) is 37.8 Å². The number of aromatic nitrogens is 3. The first kappa shape index (κ1) is 17.0. The van der Waals surface area contributed by atoms with Crippen LogP contribution in [0.3, 0.4) is 0 Å². The van der Waals surface area contributed by atoms with E-state index in [0.717, 1.165) is 17.4 Å². The highest BCUT2D eigenvalue weighted by molar-refractivity contribution is 8.00. The smallest absolute Gasteiger partial charge is 0.233 e. The molecule has 2 aromatic rings. The van der Waals surface area contributed by atoms with Crippen LogP contribution in [0.5, 0.6) is 0 Å². The molecule has 3 rings (SSSR count). The Morgan fingerprint density at radius 2 is 2.04 bits per heavy atom. The van der Waals surface area contributed by atoms with Gasteiger partial charge in [0.1, 0.15) is 6.33 Å². The standard InChI is InChI=1S/C18H24N4OS/c1-14(17(23)19-12-15-8-4-2-5-9-15)24-18-21-20-13-22(18)16-10-6-3-7-11-16/h3,6-7,10-11,13-15H,2,4-5,8-9,12H2,1H3,(H,19,23)/t14-/m1/s1. The normalized spacial score (nSPS) is 16.7. The van der Waals surface area contributed by atoms with Crippen LogP contribution in [-0.2, 0) is 4.79 Å². The summed E-state index contributed by atoms with van der Waals surface area (Å²) in [6, 6.07) is 9.93. The van der Waals surface area contributed by atoms with Crippen LogP contribution in [-0.4, -0.2) is 32.5 Å². The van der Waals surface area contributed by atoms with Crippen LogP contribution in [0.4, 0.5) is 0 Å². The van der Waals surface area contributed by atoms with Gasteiger partial charge in [-0.1, -0.05) is 49.2 Å². The molecule has 6 heteroatoms. The molecule has 1 saturated carbocycles. The van der Waals surface area contributed by atoms with E-state index in [9.17, 15) is 4.79 Å². The fourth-order valence-corrected chi connectivity index (χ4v) is 3.93. The van der Waals surface area contributed by atoms with Gasteiger partial charge >= 0.3 is 0 Å². The van der Waals surface area contributed by atoms with Gasteiger partial charge in [0.25, 0.3) is 0 Å². The zero-order chi connectivity index (χ0) is 16.8. The van der Waals surface area contributed by atoms with E-state index in [1.807, 2.05) is 41.8 Å². The maximum atomic E-state index is 12.4. The molecule has 0 saturated heterocycles. The molecule has 0 unspecified atom stereocenters. The lowest BCUT2D eigenvalue weighted by atomic mass is 9.89. The third-order valence-corrected chi connectivity index (χ3v) is 5.55. The number of benzene rings is 1. The van der Waals surface area contributed by atoms with E-state index in [0.29, 0.717) is 5.92 Å². The monoisotopic (exact) mass is 344 g/mol. The molecule has 1 amide bonds. The summed E-state index contributed by atoms with van der Waals surface area (Å²) < 4.78 is 1.91. The van der Waals surface area contributed by atoms with E-state index < -0.39 is 0 Å². The molecule has 1 aliphatic carbocycles. The minimum absolute atomic E-state index is 0.0770. The van der Waals surface area contributed by atoms with Crippen LogP contribution in [0.15, 0.2) is 41.8 Å². The first-order valence-corrected chi connectivity index (χ1v) is 9.52. The number of thioether (sulfide) groups is 1. The Morgan fingerprint density at radius 1 is 1.29 bits per heavy atom. The Bertz CT molecular complexity index is 652. The summed E-state index contributed by atoms with van der Waals surface area (Å²) in [5.74, 6) is 0.723. The van der Waals surface area contributed by atoms with Crippen LogP contribution in [0, 0.1) is 5.92 Å². The Morgan fingerprint density at radius 3 is 2.79 bits per heavy atom. The highest BCUT2D eigenvalue weighted by Crippen LogP contribution is 2.25. The van der Waals surface area contributed by atoms with Crippen molar-refractivity contribution in [3.8, 4) is 5.69 Å². The number of hydrogen-bond acceptors (Lipinski definition) is 4. The van der Waals surface area contributed by atoms with Crippen molar-refractivity contribution in [2.45, 2.75) is 49.4 Å². The molecule has 24 heavy (non-hydrogen) atoms. The first-order chi connectivity index (χ1) is 11.7. The van der Waals surface area contributed by atoms with E-state index in [4.69, 9.17) is 0 Å². The Hall–Kier alpha value is -1.82. The molecule has 128 valence electrons. The maximum Gasteiger partial charge on any atom is 0.233 e. The van der Waals surface area contributed by atoms with Crippen molar-refractivity contribution in [2.24, 2.45) is 5.92 Å². The summed E-state index contributed by atoms with van der Waals surface area (Å²) in [7, 11) is 0. The highest BCUT2D eigenvalue weighted by atomic mass is 32.2. The molecule has 1 N–H and O–H groups in total. The van der Waals surface area contributed by atoms with Gasteiger partial charge in [0.15, 0.2) is 5.16 Å². The molecule has 1 aliphatic rings. The predicted octanol–water partition coefficient (Wildman–Crippen LogP) is 3.44. The lowest BCUT2D eigenvalue weighted by Crippen LogP contribution is -2.35. The van der Waals surface area contributed by atoms with Crippen molar-refractivity contribution in [3.63, 3.8) is 0 Å². The predicted molar refractivity (Wildman–Crippen MR) is 96.3 cm³/mol. The van der Waals surface area contributed by atoms with Crippen molar-refractivity contribution >= 4 is 17.7 Å². The van der Waals surface area contributed by atoms with Gasteiger partial charge in [0.05, 0.1) is 5.25 Å². The quantitative estimate of drug-likeness (QED) is 0.816. The van der Waals surface area contributed by atoms with Crippen molar-refractivity contribution in [2.75, 3.05) is 6.54 Å². The van der Waals surface area contributed by atoms with Crippen molar-refractivity contribution in [1.82, 2.24) is 20.1 Å². The van der Waals surface area contributed by atoms with E-state index in [2.05, 4.69) is 15.5 Å². The van der Waals surface area contributed by atoms with Gasteiger partial charge in [0.2, 0.25) is 5.91 Å². The molecule has 0 bridgehead atoms. The molecule has 1 atom stereocenters. The summed E-state index contributed by atoms with van der Waals surface area (Å²) >= 11 is 1.44. The number of carbonyl (C=O) groups excluding carboxylic acids is 1. The van der Waals surface area contributed by atoms with Gasteiger partial charge in [-0.25, -0.2) is 0 Å². The molecule has 1 aromatic heterocycles. The minimum atomic E-state index is -0.194. The van der Waals surface area contributed by atoms with E-state index in [1.165, 1.54) is 43.9 Å². The second-order valence-electron chi connectivity index (χ2n) is 6.33. The topological polar surface area (TPSA) is 59.8 Å². The average molecular weight is 344 g/mol. The molecule has 1 fully saturated rings. The molecule has 0 spiro atoms. The lowest BCUT2D eigenvalue weighted by molar-refractivity contribution is -0.120. The molecule has 0 radical (unpaired) electrons. The molecule has 0 aliphatic heterocycles. The Labute approximate surface area is 147 Å². The third-order valence-electron chi connectivity index (χ3n) is 4.49. The van der Waals surface area contributed by atoms with Crippen LogP contribution >= 0.6 is 11.8 Å². The number of nitrogens with zero attached hydrogens (tertiary/aromatic N) is 3. The van der Waals surface area contributed by atoms with Gasteiger partial charge in [-0.3, -0.25) is 9.36 Å². The second-order valence-corrected chi connectivity index (χ2v) is 7.64. The summed E-state index contributed by atoms with van der Waals surface area (Å²) in [5, 5.41) is 11.8. The van der Waals surface area contributed by atoms with Crippen LogP contribution < -0.4 is 5.32 Å². The zero-order valence-corrected chi connectivity index (χ0v) is 14.8. The minimum Gasteiger partial charge on any atom is -0.355 e.